The molecule has 0 saturated heterocycles. The van der Waals surface area contributed by atoms with E-state index in [9.17, 15) is 9.90 Å². The topological polar surface area (TPSA) is 87.6 Å². The molecule has 6 nitrogen and oxygen atoms in total. The molecule has 4 rings (SSSR count). The van der Waals surface area contributed by atoms with Crippen molar-refractivity contribution in [2.24, 2.45) is 4.99 Å². The zero-order chi connectivity index (χ0) is 21.8. The van der Waals surface area contributed by atoms with Gasteiger partial charge in [0.15, 0.2) is 0 Å². The number of aromatic nitrogens is 1. The van der Waals surface area contributed by atoms with Crippen molar-refractivity contribution in [3.63, 3.8) is 0 Å². The van der Waals surface area contributed by atoms with Crippen LogP contribution in [0.5, 0.6) is 11.6 Å². The van der Waals surface area contributed by atoms with Gasteiger partial charge in [0.1, 0.15) is 5.75 Å². The third-order valence-electron chi connectivity index (χ3n) is 4.83. The largest absolute Gasteiger partial charge is 0.494 e. The van der Waals surface area contributed by atoms with Crippen molar-refractivity contribution >= 4 is 22.7 Å². The van der Waals surface area contributed by atoms with Crippen molar-refractivity contribution in [1.82, 2.24) is 4.57 Å². The lowest BCUT2D eigenvalue weighted by molar-refractivity contribution is 0.340. The van der Waals surface area contributed by atoms with E-state index in [1.807, 2.05) is 6.92 Å². The molecule has 0 radical (unpaired) electrons. The van der Waals surface area contributed by atoms with E-state index in [4.69, 9.17) is 10.00 Å². The zero-order valence-electron chi connectivity index (χ0n) is 16.8. The minimum absolute atomic E-state index is 0.215. The summed E-state index contributed by atoms with van der Waals surface area (Å²) in [5.74, 6) is 0.465. The highest BCUT2D eigenvalue weighted by Crippen LogP contribution is 2.27. The predicted octanol–water partition coefficient (Wildman–Crippen LogP) is 4.72. The Morgan fingerprint density at radius 2 is 1.81 bits per heavy atom. The average Bonchev–Trinajstić information content (AvgIpc) is 2.80. The molecule has 0 saturated carbocycles. The number of nitrogens with zero attached hydrogens (tertiary/aromatic N) is 3. The SMILES string of the molecule is CCOc1ccc(-n2c(O)c(C=Nc3cccc(C#N)c3)c3ccccc3c2=O)cc1. The summed E-state index contributed by atoms with van der Waals surface area (Å²) in [5, 5.41) is 21.2. The summed E-state index contributed by atoms with van der Waals surface area (Å²) in [6.45, 7) is 2.43. The molecule has 1 aromatic heterocycles. The number of rotatable bonds is 5. The van der Waals surface area contributed by atoms with Crippen LogP contribution in [0.15, 0.2) is 82.6 Å². The maximum absolute atomic E-state index is 13.2. The molecule has 0 bridgehead atoms. The summed E-state index contributed by atoms with van der Waals surface area (Å²) in [6.07, 6.45) is 1.51. The van der Waals surface area contributed by atoms with E-state index in [-0.39, 0.29) is 11.4 Å². The van der Waals surface area contributed by atoms with Gasteiger partial charge in [-0.15, -0.1) is 0 Å². The lowest BCUT2D eigenvalue weighted by Crippen LogP contribution is -2.20. The fourth-order valence-corrected chi connectivity index (χ4v) is 3.38. The third kappa shape index (κ3) is 3.89. The molecule has 31 heavy (non-hydrogen) atoms. The van der Waals surface area contributed by atoms with Gasteiger partial charge in [0.05, 0.1) is 35.2 Å². The maximum atomic E-state index is 13.2. The van der Waals surface area contributed by atoms with Crippen molar-refractivity contribution in [3.8, 4) is 23.4 Å². The fraction of sp³-hybridized carbons (Fsp3) is 0.0800. The molecule has 152 valence electrons. The molecule has 0 atom stereocenters. The second-order valence-corrected chi connectivity index (χ2v) is 6.77. The Morgan fingerprint density at radius 3 is 2.52 bits per heavy atom. The highest BCUT2D eigenvalue weighted by atomic mass is 16.5. The number of hydrogen-bond acceptors (Lipinski definition) is 5. The van der Waals surface area contributed by atoms with E-state index in [0.29, 0.717) is 45.6 Å². The van der Waals surface area contributed by atoms with Gasteiger partial charge in [-0.05, 0) is 55.5 Å². The summed E-state index contributed by atoms with van der Waals surface area (Å²) in [4.78, 5) is 17.6. The molecule has 0 amide bonds. The van der Waals surface area contributed by atoms with Gasteiger partial charge in [-0.3, -0.25) is 9.79 Å². The van der Waals surface area contributed by atoms with Gasteiger partial charge in [0.25, 0.3) is 5.56 Å². The molecule has 0 aliphatic rings. The molecule has 0 aliphatic carbocycles. The van der Waals surface area contributed by atoms with Crippen LogP contribution in [0, 0.1) is 11.3 Å². The average molecular weight is 409 g/mol. The monoisotopic (exact) mass is 409 g/mol. The minimum atomic E-state index is -0.333. The number of fused-ring (bicyclic) bond motifs is 1. The third-order valence-corrected chi connectivity index (χ3v) is 4.83. The molecule has 0 spiro atoms. The highest BCUT2D eigenvalue weighted by Gasteiger charge is 2.16. The molecular weight excluding hydrogens is 390 g/mol. The Labute approximate surface area is 178 Å². The quantitative estimate of drug-likeness (QED) is 0.483. The zero-order valence-corrected chi connectivity index (χ0v) is 16.8. The summed E-state index contributed by atoms with van der Waals surface area (Å²) in [6, 6.07) is 22.9. The minimum Gasteiger partial charge on any atom is -0.494 e. The van der Waals surface area contributed by atoms with E-state index in [2.05, 4.69) is 11.1 Å². The predicted molar refractivity (Wildman–Crippen MR) is 121 cm³/mol. The molecule has 4 aromatic rings. The first-order valence-electron chi connectivity index (χ1n) is 9.76. The van der Waals surface area contributed by atoms with Gasteiger partial charge in [-0.2, -0.15) is 5.26 Å². The molecule has 3 aromatic carbocycles. The van der Waals surface area contributed by atoms with Crippen LogP contribution >= 0.6 is 0 Å². The maximum Gasteiger partial charge on any atom is 0.265 e. The smallest absolute Gasteiger partial charge is 0.265 e. The van der Waals surface area contributed by atoms with E-state index < -0.39 is 0 Å². The fourth-order valence-electron chi connectivity index (χ4n) is 3.38. The van der Waals surface area contributed by atoms with Gasteiger partial charge in [0, 0.05) is 17.0 Å². The molecule has 0 unspecified atom stereocenters. The Balaban J connectivity index is 1.90. The second-order valence-electron chi connectivity index (χ2n) is 6.77. The standard InChI is InChI=1S/C25H19N3O3/c1-2-31-20-12-10-19(11-13-20)28-24(29)22-9-4-3-8-21(22)23(25(28)30)16-27-18-7-5-6-17(14-18)15-26/h3-14,16,30H,2H2,1H3. The van der Waals surface area contributed by atoms with Crippen LogP contribution in [0.1, 0.15) is 18.1 Å². The Kier molecular flexibility index (Phi) is 5.50. The first kappa shape index (κ1) is 19.9. The summed E-state index contributed by atoms with van der Waals surface area (Å²) in [5.41, 5.74) is 1.65. The molecule has 1 heterocycles. The van der Waals surface area contributed by atoms with Crippen LogP contribution in [0.25, 0.3) is 16.5 Å². The van der Waals surface area contributed by atoms with Crippen LogP contribution in [-0.2, 0) is 0 Å². The van der Waals surface area contributed by atoms with Gasteiger partial charge >= 0.3 is 0 Å². The number of ether oxygens (including phenoxy) is 1. The number of benzene rings is 3. The van der Waals surface area contributed by atoms with E-state index in [0.717, 1.165) is 0 Å². The van der Waals surface area contributed by atoms with Gasteiger partial charge in [-0.25, -0.2) is 4.57 Å². The molecule has 0 aliphatic heterocycles. The molecule has 0 fully saturated rings. The Bertz CT molecular complexity index is 1380. The van der Waals surface area contributed by atoms with Crippen molar-refractivity contribution in [2.75, 3.05) is 6.61 Å². The second kappa shape index (κ2) is 8.56. The summed E-state index contributed by atoms with van der Waals surface area (Å²) in [7, 11) is 0. The van der Waals surface area contributed by atoms with E-state index >= 15 is 0 Å². The molecular formula is C25H19N3O3. The lowest BCUT2D eigenvalue weighted by Gasteiger charge is -2.14. The Hall–Kier alpha value is -4.37. The van der Waals surface area contributed by atoms with E-state index in [1.165, 1.54) is 10.8 Å². The number of pyridine rings is 1. The van der Waals surface area contributed by atoms with Crippen LogP contribution in [-0.4, -0.2) is 22.5 Å². The first-order valence-corrected chi connectivity index (χ1v) is 9.76. The molecule has 6 heteroatoms. The number of nitriles is 1. The van der Waals surface area contributed by atoms with Crippen molar-refractivity contribution in [1.29, 1.82) is 5.26 Å². The summed E-state index contributed by atoms with van der Waals surface area (Å²) >= 11 is 0. The van der Waals surface area contributed by atoms with Crippen LogP contribution in [0.4, 0.5) is 5.69 Å². The van der Waals surface area contributed by atoms with Crippen molar-refractivity contribution in [2.45, 2.75) is 6.92 Å². The highest BCUT2D eigenvalue weighted by molar-refractivity contribution is 6.02. The normalized spacial score (nSPS) is 11.0. The van der Waals surface area contributed by atoms with Gasteiger partial charge in [-0.1, -0.05) is 24.3 Å². The van der Waals surface area contributed by atoms with Gasteiger partial charge in [0.2, 0.25) is 5.88 Å². The van der Waals surface area contributed by atoms with Crippen LogP contribution < -0.4 is 10.3 Å². The van der Waals surface area contributed by atoms with E-state index in [1.54, 1.807) is 72.8 Å². The number of hydrogen-bond donors (Lipinski definition) is 1. The number of aliphatic imine (C=N–C) groups is 1. The van der Waals surface area contributed by atoms with Gasteiger partial charge < -0.3 is 9.84 Å². The Morgan fingerprint density at radius 1 is 1.06 bits per heavy atom. The van der Waals surface area contributed by atoms with Crippen molar-refractivity contribution < 1.29 is 9.84 Å². The number of aromatic hydroxyl groups is 1. The summed E-state index contributed by atoms with van der Waals surface area (Å²) < 4.78 is 6.72. The lowest BCUT2D eigenvalue weighted by atomic mass is 10.1. The van der Waals surface area contributed by atoms with Crippen molar-refractivity contribution in [3.05, 3.63) is 94.3 Å². The van der Waals surface area contributed by atoms with Crippen LogP contribution in [0.2, 0.25) is 0 Å². The molecule has 1 N–H and O–H groups in total. The first-order chi connectivity index (χ1) is 15.1. The van der Waals surface area contributed by atoms with Crippen LogP contribution in [0.3, 0.4) is 0 Å².